The number of nitrogens with one attached hydrogen (secondary N) is 1. The lowest BCUT2D eigenvalue weighted by Gasteiger charge is -2.19. The fourth-order valence-corrected chi connectivity index (χ4v) is 2.30. The SMILES string of the molecule is OCC(O)CNc1ccccc1CN1CCCC1. The predicted molar refractivity (Wildman–Crippen MR) is 72.5 cm³/mol. The van der Waals surface area contributed by atoms with Crippen molar-refractivity contribution in [2.24, 2.45) is 0 Å². The topological polar surface area (TPSA) is 55.7 Å². The van der Waals surface area contributed by atoms with E-state index in [9.17, 15) is 5.11 Å². The smallest absolute Gasteiger partial charge is 0.0942 e. The van der Waals surface area contributed by atoms with Crippen LogP contribution >= 0.6 is 0 Å². The molecule has 1 aliphatic rings. The molecule has 1 aliphatic heterocycles. The summed E-state index contributed by atoms with van der Waals surface area (Å²) in [5, 5.41) is 21.4. The summed E-state index contributed by atoms with van der Waals surface area (Å²) in [4.78, 5) is 2.45. The molecule has 1 unspecified atom stereocenters. The first-order valence-electron chi connectivity index (χ1n) is 6.62. The van der Waals surface area contributed by atoms with Gasteiger partial charge >= 0.3 is 0 Å². The number of anilines is 1. The van der Waals surface area contributed by atoms with Crippen LogP contribution in [-0.2, 0) is 6.54 Å². The summed E-state index contributed by atoms with van der Waals surface area (Å²) in [6, 6.07) is 8.17. The maximum absolute atomic E-state index is 9.37. The van der Waals surface area contributed by atoms with Crippen molar-refractivity contribution in [1.29, 1.82) is 0 Å². The van der Waals surface area contributed by atoms with Gasteiger partial charge in [-0.1, -0.05) is 18.2 Å². The van der Waals surface area contributed by atoms with Crippen LogP contribution in [0.15, 0.2) is 24.3 Å². The van der Waals surface area contributed by atoms with Crippen LogP contribution in [0.3, 0.4) is 0 Å². The molecular weight excluding hydrogens is 228 g/mol. The highest BCUT2D eigenvalue weighted by molar-refractivity contribution is 5.51. The molecule has 0 radical (unpaired) electrons. The number of hydrogen-bond acceptors (Lipinski definition) is 4. The van der Waals surface area contributed by atoms with E-state index < -0.39 is 6.10 Å². The average Bonchev–Trinajstić information content (AvgIpc) is 2.90. The molecule has 2 rings (SSSR count). The van der Waals surface area contributed by atoms with Crippen molar-refractivity contribution < 1.29 is 10.2 Å². The van der Waals surface area contributed by atoms with Crippen LogP contribution in [0.5, 0.6) is 0 Å². The number of aliphatic hydroxyl groups is 2. The monoisotopic (exact) mass is 250 g/mol. The van der Waals surface area contributed by atoms with Gasteiger partial charge in [-0.15, -0.1) is 0 Å². The second-order valence-electron chi connectivity index (χ2n) is 4.86. The molecule has 0 bridgehead atoms. The fourth-order valence-electron chi connectivity index (χ4n) is 2.30. The van der Waals surface area contributed by atoms with Crippen molar-refractivity contribution in [2.45, 2.75) is 25.5 Å². The van der Waals surface area contributed by atoms with Crippen molar-refractivity contribution in [1.82, 2.24) is 4.90 Å². The summed E-state index contributed by atoms with van der Waals surface area (Å²) in [6.45, 7) is 3.48. The van der Waals surface area contributed by atoms with E-state index in [1.54, 1.807) is 0 Å². The number of nitrogens with zero attached hydrogens (tertiary/aromatic N) is 1. The first-order valence-corrected chi connectivity index (χ1v) is 6.62. The molecule has 0 aromatic heterocycles. The Balaban J connectivity index is 1.95. The summed E-state index contributed by atoms with van der Waals surface area (Å²) in [5.41, 5.74) is 2.31. The Morgan fingerprint density at radius 2 is 1.94 bits per heavy atom. The summed E-state index contributed by atoms with van der Waals surface area (Å²) >= 11 is 0. The number of rotatable bonds is 6. The average molecular weight is 250 g/mol. The quantitative estimate of drug-likeness (QED) is 0.706. The van der Waals surface area contributed by atoms with Crippen molar-refractivity contribution >= 4 is 5.69 Å². The van der Waals surface area contributed by atoms with Crippen LogP contribution < -0.4 is 5.32 Å². The van der Waals surface area contributed by atoms with Crippen molar-refractivity contribution in [3.8, 4) is 0 Å². The Bertz CT molecular complexity index is 365. The van der Waals surface area contributed by atoms with Crippen LogP contribution in [0.2, 0.25) is 0 Å². The van der Waals surface area contributed by atoms with E-state index in [0.29, 0.717) is 6.54 Å². The summed E-state index contributed by atoms with van der Waals surface area (Å²) < 4.78 is 0. The lowest BCUT2D eigenvalue weighted by molar-refractivity contribution is 0.105. The van der Waals surface area contributed by atoms with Crippen LogP contribution in [-0.4, -0.2) is 47.5 Å². The standard InChI is InChI=1S/C14H22N2O2/c17-11-13(18)9-15-14-6-2-1-5-12(14)10-16-7-3-4-8-16/h1-2,5-6,13,15,17-18H,3-4,7-11H2. The van der Waals surface area contributed by atoms with E-state index in [0.717, 1.165) is 12.2 Å². The summed E-state index contributed by atoms with van der Waals surface area (Å²) in [7, 11) is 0. The molecule has 0 amide bonds. The van der Waals surface area contributed by atoms with Gasteiger partial charge in [0.1, 0.15) is 0 Å². The molecule has 4 nitrogen and oxygen atoms in total. The molecule has 1 atom stereocenters. The molecule has 0 saturated carbocycles. The number of hydrogen-bond donors (Lipinski definition) is 3. The lowest BCUT2D eigenvalue weighted by atomic mass is 10.1. The molecular formula is C14H22N2O2. The summed E-state index contributed by atoms with van der Waals surface area (Å²) in [5.74, 6) is 0. The highest BCUT2D eigenvalue weighted by atomic mass is 16.3. The normalized spacial score (nSPS) is 17.9. The Morgan fingerprint density at radius 1 is 1.22 bits per heavy atom. The Kier molecular flexibility index (Phi) is 4.99. The molecule has 1 aromatic rings. The van der Waals surface area contributed by atoms with Crippen LogP contribution in [0.1, 0.15) is 18.4 Å². The zero-order valence-corrected chi connectivity index (χ0v) is 10.7. The molecule has 0 aliphatic carbocycles. The highest BCUT2D eigenvalue weighted by Crippen LogP contribution is 2.19. The minimum absolute atomic E-state index is 0.207. The molecule has 0 spiro atoms. The molecule has 1 aromatic carbocycles. The highest BCUT2D eigenvalue weighted by Gasteiger charge is 2.13. The van der Waals surface area contributed by atoms with Crippen molar-refractivity contribution in [3.05, 3.63) is 29.8 Å². The lowest BCUT2D eigenvalue weighted by Crippen LogP contribution is -2.24. The fraction of sp³-hybridized carbons (Fsp3) is 0.571. The van der Waals surface area contributed by atoms with Gasteiger partial charge in [-0.2, -0.15) is 0 Å². The van der Waals surface area contributed by atoms with Gasteiger partial charge in [0, 0.05) is 18.8 Å². The van der Waals surface area contributed by atoms with Gasteiger partial charge in [0.05, 0.1) is 12.7 Å². The van der Waals surface area contributed by atoms with Gasteiger partial charge in [0.2, 0.25) is 0 Å². The first-order chi connectivity index (χ1) is 8.79. The van der Waals surface area contributed by atoms with Gasteiger partial charge in [-0.05, 0) is 37.6 Å². The Hall–Kier alpha value is -1.10. The maximum atomic E-state index is 9.37. The zero-order chi connectivity index (χ0) is 12.8. The predicted octanol–water partition coefficient (Wildman–Crippen LogP) is 1.05. The minimum Gasteiger partial charge on any atom is -0.394 e. The largest absolute Gasteiger partial charge is 0.394 e. The number of aliphatic hydroxyl groups excluding tert-OH is 2. The summed E-state index contributed by atoms with van der Waals surface area (Å²) in [6.07, 6.45) is 1.88. The maximum Gasteiger partial charge on any atom is 0.0942 e. The van der Waals surface area contributed by atoms with E-state index in [4.69, 9.17) is 5.11 Å². The van der Waals surface area contributed by atoms with Crippen LogP contribution in [0.4, 0.5) is 5.69 Å². The third kappa shape index (κ3) is 3.70. The number of para-hydroxylation sites is 1. The van der Waals surface area contributed by atoms with Crippen LogP contribution in [0.25, 0.3) is 0 Å². The molecule has 18 heavy (non-hydrogen) atoms. The van der Waals surface area contributed by atoms with E-state index in [1.165, 1.54) is 31.5 Å². The molecule has 4 heteroatoms. The number of benzene rings is 1. The minimum atomic E-state index is -0.704. The second-order valence-corrected chi connectivity index (χ2v) is 4.86. The zero-order valence-electron chi connectivity index (χ0n) is 10.7. The first kappa shape index (κ1) is 13.3. The van der Waals surface area contributed by atoms with E-state index in [2.05, 4.69) is 16.3 Å². The number of likely N-dealkylation sites (tertiary alicyclic amines) is 1. The molecule has 1 heterocycles. The molecule has 1 saturated heterocycles. The Labute approximate surface area is 108 Å². The van der Waals surface area contributed by atoms with E-state index in [1.807, 2.05) is 18.2 Å². The van der Waals surface area contributed by atoms with Crippen molar-refractivity contribution in [3.63, 3.8) is 0 Å². The third-order valence-electron chi connectivity index (χ3n) is 3.35. The second kappa shape index (κ2) is 6.73. The molecule has 100 valence electrons. The van der Waals surface area contributed by atoms with E-state index in [-0.39, 0.29) is 6.61 Å². The van der Waals surface area contributed by atoms with Gasteiger partial charge in [0.25, 0.3) is 0 Å². The Morgan fingerprint density at radius 3 is 2.67 bits per heavy atom. The molecule has 1 fully saturated rings. The van der Waals surface area contributed by atoms with Crippen molar-refractivity contribution in [2.75, 3.05) is 31.6 Å². The van der Waals surface area contributed by atoms with E-state index >= 15 is 0 Å². The van der Waals surface area contributed by atoms with Crippen LogP contribution in [0, 0.1) is 0 Å². The van der Waals surface area contributed by atoms with Gasteiger partial charge < -0.3 is 15.5 Å². The van der Waals surface area contributed by atoms with Gasteiger partial charge in [-0.3, -0.25) is 4.90 Å². The third-order valence-corrected chi connectivity index (χ3v) is 3.35. The molecule has 3 N–H and O–H groups in total. The van der Waals surface area contributed by atoms with Gasteiger partial charge in [-0.25, -0.2) is 0 Å². The van der Waals surface area contributed by atoms with Gasteiger partial charge in [0.15, 0.2) is 0 Å².